The van der Waals surface area contributed by atoms with Crippen LogP contribution in [0.5, 0.6) is 5.75 Å². The second-order valence-electron chi connectivity index (χ2n) is 8.40. The smallest absolute Gasteiger partial charge is 0.243 e. The van der Waals surface area contributed by atoms with Gasteiger partial charge >= 0.3 is 0 Å². The van der Waals surface area contributed by atoms with Crippen molar-refractivity contribution < 1.29 is 9.53 Å². The monoisotopic (exact) mass is 516 g/mol. The SMILES string of the molecule is COc1cccc(C(C)(C)CNC(=NCC(=O)N(C)C)NC2CCCCC2)c1.I. The number of carbonyl (C=O) groups is 1. The predicted octanol–water partition coefficient (Wildman–Crippen LogP) is 3.55. The molecule has 1 aliphatic carbocycles. The third-order valence-electron chi connectivity index (χ3n) is 5.37. The summed E-state index contributed by atoms with van der Waals surface area (Å²) in [6.45, 7) is 5.24. The number of hydrogen-bond donors (Lipinski definition) is 2. The van der Waals surface area contributed by atoms with Crippen LogP contribution >= 0.6 is 24.0 Å². The van der Waals surface area contributed by atoms with Crippen LogP contribution < -0.4 is 15.4 Å². The van der Waals surface area contributed by atoms with E-state index in [0.717, 1.165) is 24.6 Å². The lowest BCUT2D eigenvalue weighted by molar-refractivity contribution is -0.127. The average Bonchev–Trinajstić information content (AvgIpc) is 2.70. The third kappa shape index (κ3) is 8.40. The molecule has 1 amide bonds. The van der Waals surface area contributed by atoms with Gasteiger partial charge in [0.2, 0.25) is 5.91 Å². The van der Waals surface area contributed by atoms with Crippen LogP contribution in [0.3, 0.4) is 0 Å². The molecule has 1 fully saturated rings. The highest BCUT2D eigenvalue weighted by Crippen LogP contribution is 2.25. The molecule has 0 saturated heterocycles. The van der Waals surface area contributed by atoms with Crippen molar-refractivity contribution in [3.8, 4) is 5.75 Å². The maximum absolute atomic E-state index is 12.0. The molecule has 0 atom stereocenters. The molecule has 0 radical (unpaired) electrons. The number of methoxy groups -OCH3 is 1. The molecule has 2 rings (SSSR count). The van der Waals surface area contributed by atoms with E-state index < -0.39 is 0 Å². The number of aliphatic imine (C=N–C) groups is 1. The van der Waals surface area contributed by atoms with E-state index in [1.165, 1.54) is 24.8 Å². The lowest BCUT2D eigenvalue weighted by atomic mass is 9.84. The average molecular weight is 516 g/mol. The van der Waals surface area contributed by atoms with Crippen molar-refractivity contribution in [2.24, 2.45) is 4.99 Å². The summed E-state index contributed by atoms with van der Waals surface area (Å²) in [6, 6.07) is 8.58. The molecule has 0 bridgehead atoms. The first-order chi connectivity index (χ1) is 13.3. The third-order valence-corrected chi connectivity index (χ3v) is 5.37. The fourth-order valence-electron chi connectivity index (χ4n) is 3.33. The summed E-state index contributed by atoms with van der Waals surface area (Å²) in [5.41, 5.74) is 1.08. The van der Waals surface area contributed by atoms with E-state index in [1.807, 2.05) is 12.1 Å². The van der Waals surface area contributed by atoms with E-state index >= 15 is 0 Å². The molecule has 6 nitrogen and oxygen atoms in total. The van der Waals surface area contributed by atoms with Gasteiger partial charge in [-0.2, -0.15) is 0 Å². The summed E-state index contributed by atoms with van der Waals surface area (Å²) in [6.07, 6.45) is 6.11. The van der Waals surface area contributed by atoms with Crippen molar-refractivity contribution in [2.45, 2.75) is 57.4 Å². The van der Waals surface area contributed by atoms with Gasteiger partial charge in [0, 0.05) is 32.1 Å². The highest BCUT2D eigenvalue weighted by atomic mass is 127. The molecule has 164 valence electrons. The minimum Gasteiger partial charge on any atom is -0.497 e. The maximum Gasteiger partial charge on any atom is 0.243 e. The van der Waals surface area contributed by atoms with Crippen LogP contribution in [0.4, 0.5) is 0 Å². The van der Waals surface area contributed by atoms with Crippen molar-refractivity contribution in [2.75, 3.05) is 34.3 Å². The highest BCUT2D eigenvalue weighted by Gasteiger charge is 2.23. The zero-order chi connectivity index (χ0) is 20.6. The van der Waals surface area contributed by atoms with Crippen molar-refractivity contribution in [1.29, 1.82) is 0 Å². The van der Waals surface area contributed by atoms with E-state index in [-0.39, 0.29) is 41.8 Å². The van der Waals surface area contributed by atoms with Gasteiger partial charge < -0.3 is 20.3 Å². The number of amides is 1. The Morgan fingerprint density at radius 2 is 1.93 bits per heavy atom. The molecule has 1 aliphatic rings. The van der Waals surface area contributed by atoms with Gasteiger partial charge in [-0.05, 0) is 30.5 Å². The highest BCUT2D eigenvalue weighted by molar-refractivity contribution is 14.0. The Bertz CT molecular complexity index is 671. The standard InChI is InChI=1S/C22H36N4O2.HI/c1-22(2,17-10-9-13-19(14-17)28-5)16-24-21(23-15-20(27)26(3)4)25-18-11-7-6-8-12-18;/h9-10,13-14,18H,6-8,11-12,15-16H2,1-5H3,(H2,23,24,25);1H. The molecule has 1 saturated carbocycles. The van der Waals surface area contributed by atoms with E-state index in [1.54, 1.807) is 26.1 Å². The molecule has 0 aromatic heterocycles. The number of carbonyl (C=O) groups excluding carboxylic acids is 1. The quantitative estimate of drug-likeness (QED) is 0.331. The Morgan fingerprint density at radius 1 is 1.24 bits per heavy atom. The number of hydrogen-bond acceptors (Lipinski definition) is 3. The first-order valence-electron chi connectivity index (χ1n) is 10.2. The van der Waals surface area contributed by atoms with Crippen LogP contribution in [0.2, 0.25) is 0 Å². The van der Waals surface area contributed by atoms with Crippen molar-refractivity contribution in [3.63, 3.8) is 0 Å². The Morgan fingerprint density at radius 3 is 2.55 bits per heavy atom. The van der Waals surface area contributed by atoms with Crippen LogP contribution in [0, 0.1) is 0 Å². The largest absolute Gasteiger partial charge is 0.497 e. The van der Waals surface area contributed by atoms with Gasteiger partial charge in [0.05, 0.1) is 7.11 Å². The Labute approximate surface area is 192 Å². The zero-order valence-corrected chi connectivity index (χ0v) is 20.8. The maximum atomic E-state index is 12.0. The Kier molecular flexibility index (Phi) is 10.8. The van der Waals surface area contributed by atoms with Gasteiger partial charge in [-0.3, -0.25) is 4.79 Å². The molecule has 1 aromatic rings. The second kappa shape index (κ2) is 12.2. The topological polar surface area (TPSA) is 66.0 Å². The van der Waals surface area contributed by atoms with Gasteiger partial charge in [-0.1, -0.05) is 45.2 Å². The van der Waals surface area contributed by atoms with E-state index in [4.69, 9.17) is 4.74 Å². The summed E-state index contributed by atoms with van der Waals surface area (Å²) in [5.74, 6) is 1.58. The number of nitrogens with one attached hydrogen (secondary N) is 2. The summed E-state index contributed by atoms with van der Waals surface area (Å²) < 4.78 is 5.36. The van der Waals surface area contributed by atoms with Crippen molar-refractivity contribution in [1.82, 2.24) is 15.5 Å². The molecular formula is C22H37IN4O2. The number of halogens is 1. The van der Waals surface area contributed by atoms with E-state index in [0.29, 0.717) is 12.6 Å². The molecular weight excluding hydrogens is 479 g/mol. The number of rotatable bonds is 7. The van der Waals surface area contributed by atoms with Crippen molar-refractivity contribution in [3.05, 3.63) is 29.8 Å². The normalized spacial score (nSPS) is 15.3. The summed E-state index contributed by atoms with van der Waals surface area (Å²) >= 11 is 0. The van der Waals surface area contributed by atoms with Gasteiger partial charge in [-0.25, -0.2) is 4.99 Å². The lowest BCUT2D eigenvalue weighted by Crippen LogP contribution is -2.48. The minimum atomic E-state index is -0.116. The Hall–Kier alpha value is -1.51. The zero-order valence-electron chi connectivity index (χ0n) is 18.5. The first-order valence-corrected chi connectivity index (χ1v) is 10.2. The Balaban J connectivity index is 0.00000420. The van der Waals surface area contributed by atoms with Crippen LogP contribution in [-0.2, 0) is 10.2 Å². The molecule has 0 heterocycles. The van der Waals surface area contributed by atoms with E-state index in [2.05, 4.69) is 41.6 Å². The van der Waals surface area contributed by atoms with Gasteiger partial charge in [-0.15, -0.1) is 24.0 Å². The summed E-state index contributed by atoms with van der Waals surface area (Å²) in [5, 5.41) is 7.01. The number of benzene rings is 1. The second-order valence-corrected chi connectivity index (χ2v) is 8.40. The fourth-order valence-corrected chi connectivity index (χ4v) is 3.33. The van der Waals surface area contributed by atoms with Gasteiger partial charge in [0.1, 0.15) is 12.3 Å². The summed E-state index contributed by atoms with van der Waals surface area (Å²) in [4.78, 5) is 18.1. The van der Waals surface area contributed by atoms with Crippen LogP contribution in [0.1, 0.15) is 51.5 Å². The summed E-state index contributed by atoms with van der Waals surface area (Å²) in [7, 11) is 5.20. The fraction of sp³-hybridized carbons (Fsp3) is 0.636. The van der Waals surface area contributed by atoms with Crippen LogP contribution in [-0.4, -0.2) is 57.1 Å². The molecule has 1 aromatic carbocycles. The van der Waals surface area contributed by atoms with Crippen molar-refractivity contribution >= 4 is 35.8 Å². The molecule has 29 heavy (non-hydrogen) atoms. The predicted molar refractivity (Wildman–Crippen MR) is 130 cm³/mol. The minimum absolute atomic E-state index is 0. The van der Waals surface area contributed by atoms with Crippen LogP contribution in [0.25, 0.3) is 0 Å². The molecule has 7 heteroatoms. The van der Waals surface area contributed by atoms with Gasteiger partial charge in [0.25, 0.3) is 0 Å². The number of likely N-dealkylation sites (N-methyl/N-ethyl adjacent to an activating group) is 1. The number of guanidine groups is 1. The number of nitrogens with zero attached hydrogens (tertiary/aromatic N) is 2. The molecule has 2 N–H and O–H groups in total. The molecule has 0 unspecified atom stereocenters. The lowest BCUT2D eigenvalue weighted by Gasteiger charge is -2.29. The van der Waals surface area contributed by atoms with Gasteiger partial charge in [0.15, 0.2) is 5.96 Å². The van der Waals surface area contributed by atoms with Crippen LogP contribution in [0.15, 0.2) is 29.3 Å². The number of ether oxygens (including phenoxy) is 1. The first kappa shape index (κ1) is 25.5. The molecule has 0 spiro atoms. The molecule has 0 aliphatic heterocycles. The van der Waals surface area contributed by atoms with E-state index in [9.17, 15) is 4.79 Å².